The zero-order valence-corrected chi connectivity index (χ0v) is 19.6. The third-order valence-corrected chi connectivity index (χ3v) is 5.84. The number of rotatable bonds is 6. The molecule has 0 atom stereocenters. The number of hydrogen-bond acceptors (Lipinski definition) is 5. The number of hydrazone groups is 1. The van der Waals surface area contributed by atoms with Crippen molar-refractivity contribution in [3.05, 3.63) is 80.0 Å². The smallest absolute Gasteiger partial charge is 0.260 e. The van der Waals surface area contributed by atoms with E-state index in [2.05, 4.69) is 33.1 Å². The van der Waals surface area contributed by atoms with Gasteiger partial charge in [-0.25, -0.2) is 5.43 Å². The molecule has 1 aromatic heterocycles. The van der Waals surface area contributed by atoms with Crippen molar-refractivity contribution in [2.45, 2.75) is 6.54 Å². The number of benzene rings is 3. The molecule has 0 saturated heterocycles. The van der Waals surface area contributed by atoms with E-state index in [-0.39, 0.29) is 17.9 Å². The number of nitrogens with zero attached hydrogens (tertiary/aromatic N) is 2. The van der Waals surface area contributed by atoms with Gasteiger partial charge < -0.3 is 14.0 Å². The van der Waals surface area contributed by atoms with Crippen LogP contribution in [0.5, 0.6) is 11.5 Å². The average molecular weight is 541 g/mol. The summed E-state index contributed by atoms with van der Waals surface area (Å²) in [6.45, 7) is 0.0160. The SMILES string of the molecule is COc1cc(/C=N\NC(=O)Cn2c3ccccc3c(=O)c3ccccc32)cc(I)c1OC. The van der Waals surface area contributed by atoms with Gasteiger partial charge in [-0.1, -0.05) is 24.3 Å². The van der Waals surface area contributed by atoms with Gasteiger partial charge in [-0.3, -0.25) is 9.59 Å². The molecular weight excluding hydrogens is 521 g/mol. The lowest BCUT2D eigenvalue weighted by atomic mass is 10.1. The molecule has 8 heteroatoms. The lowest BCUT2D eigenvalue weighted by molar-refractivity contribution is -0.121. The number of carbonyl (C=O) groups excluding carboxylic acids is 1. The summed E-state index contributed by atoms with van der Waals surface area (Å²) in [5.41, 5.74) is 4.67. The Morgan fingerprint density at radius 2 is 1.66 bits per heavy atom. The van der Waals surface area contributed by atoms with Crippen LogP contribution < -0.4 is 20.3 Å². The van der Waals surface area contributed by atoms with Crippen LogP contribution in [0.1, 0.15) is 5.56 Å². The van der Waals surface area contributed by atoms with Crippen LogP contribution in [-0.2, 0) is 11.3 Å². The standard InChI is InChI=1S/C24H20IN3O4/c1-31-21-12-15(11-18(25)24(21)32-2)13-26-27-22(29)14-28-19-9-5-3-7-16(19)23(30)17-8-4-6-10-20(17)28/h3-13H,14H2,1-2H3,(H,27,29)/b26-13-. The molecule has 0 aliphatic carbocycles. The molecule has 162 valence electrons. The average Bonchev–Trinajstić information content (AvgIpc) is 2.81. The minimum atomic E-state index is -0.310. The molecule has 32 heavy (non-hydrogen) atoms. The minimum Gasteiger partial charge on any atom is -0.493 e. The lowest BCUT2D eigenvalue weighted by Gasteiger charge is -2.14. The second-order valence-corrected chi connectivity index (χ2v) is 8.14. The van der Waals surface area contributed by atoms with Gasteiger partial charge in [0.25, 0.3) is 5.91 Å². The van der Waals surface area contributed by atoms with E-state index in [1.165, 1.54) is 0 Å². The summed E-state index contributed by atoms with van der Waals surface area (Å²) in [4.78, 5) is 25.5. The molecule has 7 nitrogen and oxygen atoms in total. The molecule has 0 spiro atoms. The van der Waals surface area contributed by atoms with Gasteiger partial charge in [0.2, 0.25) is 0 Å². The molecule has 0 saturated carbocycles. The maximum absolute atomic E-state index is 12.8. The van der Waals surface area contributed by atoms with Gasteiger partial charge >= 0.3 is 0 Å². The number of hydrogen-bond donors (Lipinski definition) is 1. The molecule has 4 aromatic rings. The Hall–Kier alpha value is -3.40. The summed E-state index contributed by atoms with van der Waals surface area (Å²) in [5.74, 6) is 0.917. The number of halogens is 1. The molecular formula is C24H20IN3O4. The predicted octanol–water partition coefficient (Wildman–Crippen LogP) is 3.93. The Balaban J connectivity index is 1.61. The van der Waals surface area contributed by atoms with E-state index in [1.54, 1.807) is 38.6 Å². The highest BCUT2D eigenvalue weighted by Crippen LogP contribution is 2.33. The van der Waals surface area contributed by atoms with Crippen molar-refractivity contribution in [2.24, 2.45) is 5.10 Å². The van der Waals surface area contributed by atoms with E-state index in [0.717, 1.165) is 9.13 Å². The number of carbonyl (C=O) groups is 1. The summed E-state index contributed by atoms with van der Waals surface area (Å²) in [5, 5.41) is 5.23. The molecule has 0 aliphatic heterocycles. The highest BCUT2D eigenvalue weighted by Gasteiger charge is 2.13. The van der Waals surface area contributed by atoms with E-state index in [0.29, 0.717) is 33.3 Å². The number of aromatic nitrogens is 1. The Kier molecular flexibility index (Phi) is 6.40. The third-order valence-electron chi connectivity index (χ3n) is 5.04. The topological polar surface area (TPSA) is 81.9 Å². The van der Waals surface area contributed by atoms with Crippen molar-refractivity contribution < 1.29 is 14.3 Å². The molecule has 0 aliphatic rings. The Morgan fingerprint density at radius 3 is 2.25 bits per heavy atom. The first-order valence-corrected chi connectivity index (χ1v) is 10.8. The fourth-order valence-corrected chi connectivity index (χ4v) is 4.46. The number of fused-ring (bicyclic) bond motifs is 2. The minimum absolute atomic E-state index is 0.0160. The van der Waals surface area contributed by atoms with E-state index < -0.39 is 0 Å². The first-order valence-electron chi connectivity index (χ1n) is 9.77. The van der Waals surface area contributed by atoms with Crippen LogP contribution in [0.3, 0.4) is 0 Å². The molecule has 1 amide bonds. The number of methoxy groups -OCH3 is 2. The van der Waals surface area contributed by atoms with Crippen molar-refractivity contribution >= 4 is 56.5 Å². The second-order valence-electron chi connectivity index (χ2n) is 6.98. The fraction of sp³-hybridized carbons (Fsp3) is 0.125. The van der Waals surface area contributed by atoms with Gasteiger partial charge in [-0.2, -0.15) is 5.10 Å². The first kappa shape index (κ1) is 21.8. The van der Waals surface area contributed by atoms with E-state index in [9.17, 15) is 9.59 Å². The van der Waals surface area contributed by atoms with Crippen LogP contribution in [0, 0.1) is 3.57 Å². The number of ether oxygens (including phenoxy) is 2. The summed E-state index contributed by atoms with van der Waals surface area (Å²) in [6, 6.07) is 18.2. The number of amides is 1. The maximum atomic E-state index is 12.8. The van der Waals surface area contributed by atoms with E-state index in [4.69, 9.17) is 9.47 Å². The monoisotopic (exact) mass is 541 g/mol. The molecule has 4 rings (SSSR count). The van der Waals surface area contributed by atoms with Crippen molar-refractivity contribution in [1.82, 2.24) is 9.99 Å². The quantitative estimate of drug-likeness (QED) is 0.174. The third kappa shape index (κ3) is 4.18. The molecule has 0 unspecified atom stereocenters. The zero-order valence-electron chi connectivity index (χ0n) is 17.5. The largest absolute Gasteiger partial charge is 0.493 e. The molecule has 1 heterocycles. The number of nitrogens with one attached hydrogen (secondary N) is 1. The zero-order chi connectivity index (χ0) is 22.7. The lowest BCUT2D eigenvalue weighted by Crippen LogP contribution is -2.25. The van der Waals surface area contributed by atoms with Gasteiger partial charge in [-0.15, -0.1) is 0 Å². The van der Waals surface area contributed by atoms with Crippen LogP contribution >= 0.6 is 22.6 Å². The van der Waals surface area contributed by atoms with Crippen LogP contribution in [-0.4, -0.2) is 30.9 Å². The molecule has 0 radical (unpaired) electrons. The molecule has 1 N–H and O–H groups in total. The van der Waals surface area contributed by atoms with Crippen LogP contribution in [0.4, 0.5) is 0 Å². The first-order chi connectivity index (χ1) is 15.5. The summed E-state index contributed by atoms with van der Waals surface area (Å²) < 4.78 is 13.4. The van der Waals surface area contributed by atoms with Crippen LogP contribution in [0.2, 0.25) is 0 Å². The molecule has 0 fully saturated rings. The van der Waals surface area contributed by atoms with Crippen molar-refractivity contribution in [2.75, 3.05) is 14.2 Å². The maximum Gasteiger partial charge on any atom is 0.260 e. The predicted molar refractivity (Wildman–Crippen MR) is 134 cm³/mol. The van der Waals surface area contributed by atoms with E-state index in [1.807, 2.05) is 47.0 Å². The molecule has 0 bridgehead atoms. The summed E-state index contributed by atoms with van der Waals surface area (Å²) in [6.07, 6.45) is 1.55. The van der Waals surface area contributed by atoms with Gasteiger partial charge in [0.1, 0.15) is 6.54 Å². The Morgan fingerprint density at radius 1 is 1.03 bits per heavy atom. The highest BCUT2D eigenvalue weighted by atomic mass is 127. The van der Waals surface area contributed by atoms with Crippen LogP contribution in [0.15, 0.2) is 70.6 Å². The Labute approximate surface area is 197 Å². The summed E-state index contributed by atoms with van der Waals surface area (Å²) >= 11 is 2.15. The van der Waals surface area contributed by atoms with Gasteiger partial charge in [0, 0.05) is 10.8 Å². The van der Waals surface area contributed by atoms with Crippen LogP contribution in [0.25, 0.3) is 21.8 Å². The second kappa shape index (κ2) is 9.39. The van der Waals surface area contributed by atoms with Gasteiger partial charge in [-0.05, 0) is 64.6 Å². The van der Waals surface area contributed by atoms with Crippen molar-refractivity contribution in [1.29, 1.82) is 0 Å². The normalized spacial score (nSPS) is 11.2. The van der Waals surface area contributed by atoms with E-state index >= 15 is 0 Å². The van der Waals surface area contributed by atoms with Gasteiger partial charge in [0.05, 0.1) is 35.0 Å². The van der Waals surface area contributed by atoms with Crippen molar-refractivity contribution in [3.63, 3.8) is 0 Å². The van der Waals surface area contributed by atoms with Gasteiger partial charge in [0.15, 0.2) is 16.9 Å². The highest BCUT2D eigenvalue weighted by molar-refractivity contribution is 14.1. The summed E-state index contributed by atoms with van der Waals surface area (Å²) in [7, 11) is 3.15. The number of pyridine rings is 1. The fourth-order valence-electron chi connectivity index (χ4n) is 3.62. The number of para-hydroxylation sites is 2. The molecule has 3 aromatic carbocycles. The van der Waals surface area contributed by atoms with Crippen molar-refractivity contribution in [3.8, 4) is 11.5 Å². The Bertz CT molecular complexity index is 1350.